The fourth-order valence-corrected chi connectivity index (χ4v) is 5.32. The summed E-state index contributed by atoms with van der Waals surface area (Å²) >= 11 is 2.19. The molecule has 0 aliphatic heterocycles. The molecule has 14 nitrogen and oxygen atoms in total. The number of benzene rings is 3. The van der Waals surface area contributed by atoms with Crippen molar-refractivity contribution < 1.29 is 43.7 Å². The molecule has 4 atom stereocenters. The van der Waals surface area contributed by atoms with Gasteiger partial charge in [-0.25, -0.2) is 9.59 Å². The zero-order valence-corrected chi connectivity index (χ0v) is 28.8. The number of carbonyl (C=O) groups is 6. The maximum absolute atomic E-state index is 13.4. The summed E-state index contributed by atoms with van der Waals surface area (Å²) in [7, 11) is 0. The highest BCUT2D eigenvalue weighted by molar-refractivity contribution is 14.1. The van der Waals surface area contributed by atoms with Crippen LogP contribution in [0.3, 0.4) is 0 Å². The highest BCUT2D eigenvalue weighted by atomic mass is 127. The Morgan fingerprint density at radius 2 is 1.49 bits per heavy atom. The normalized spacial score (nSPS) is 13.3. The van der Waals surface area contributed by atoms with Crippen molar-refractivity contribution in [2.45, 2.75) is 69.3 Å². The first-order valence-corrected chi connectivity index (χ1v) is 16.7. The van der Waals surface area contributed by atoms with E-state index in [9.17, 15) is 33.9 Å². The summed E-state index contributed by atoms with van der Waals surface area (Å²) in [6, 6.07) is 17.1. The van der Waals surface area contributed by atoms with Gasteiger partial charge in [-0.2, -0.15) is 0 Å². The molecule has 262 valence electrons. The van der Waals surface area contributed by atoms with Crippen LogP contribution in [0.2, 0.25) is 0 Å². The SMILES string of the molecule is N[C@@H](Cc1ccc(I)cc1)C(=O)N[C@@H](Cc1ccc2ccccc2c1)C(=O)NCCCC[C@H](NC(=O)N[C@@H](CCC(=O)O)C(=O)O)OC=O. The largest absolute Gasteiger partial charge is 0.481 e. The first kappa shape index (κ1) is 38.7. The van der Waals surface area contributed by atoms with Crippen LogP contribution in [-0.4, -0.2) is 77.4 Å². The Morgan fingerprint density at radius 1 is 0.796 bits per heavy atom. The van der Waals surface area contributed by atoms with E-state index in [1.807, 2.05) is 66.7 Å². The van der Waals surface area contributed by atoms with Crippen LogP contribution in [0.4, 0.5) is 4.79 Å². The number of nitrogens with two attached hydrogens (primary N) is 1. The summed E-state index contributed by atoms with van der Waals surface area (Å²) in [4.78, 5) is 71.9. The zero-order valence-electron chi connectivity index (χ0n) is 26.6. The van der Waals surface area contributed by atoms with Gasteiger partial charge < -0.3 is 42.0 Å². The Morgan fingerprint density at radius 3 is 2.16 bits per heavy atom. The van der Waals surface area contributed by atoms with Crippen molar-refractivity contribution in [1.29, 1.82) is 0 Å². The molecule has 49 heavy (non-hydrogen) atoms. The smallest absolute Gasteiger partial charge is 0.326 e. The monoisotopic (exact) mass is 789 g/mol. The number of carboxylic acids is 2. The quantitative estimate of drug-likeness (QED) is 0.0383. The number of fused-ring (bicyclic) bond motifs is 1. The molecular formula is C34H40IN5O9. The number of halogens is 1. The molecule has 0 radical (unpaired) electrons. The third kappa shape index (κ3) is 13.7. The Balaban J connectivity index is 1.56. The van der Waals surface area contributed by atoms with Gasteiger partial charge >= 0.3 is 18.0 Å². The standard InChI is InChI=1S/C34H40IN5O9/c35-25-12-9-21(10-13-25)18-26(36)31(44)38-28(19-22-8-11-23-5-1-2-6-24(23)17-22)32(45)37-16-4-3-7-29(49-20-41)40-34(48)39-27(33(46)47)14-15-30(42)43/h1-2,5-6,8-13,17,20,26-29H,3-4,7,14-16,18-19,36H2,(H,37,45)(H,38,44)(H,42,43)(H,46,47)(H2,39,40,48)/t26-,27-,28-,29+/m0/s1. The Hall–Kier alpha value is -4.77. The molecule has 0 spiro atoms. The van der Waals surface area contributed by atoms with Crippen LogP contribution in [0, 0.1) is 3.57 Å². The van der Waals surface area contributed by atoms with Crippen LogP contribution in [-0.2, 0) is 41.6 Å². The van der Waals surface area contributed by atoms with Crippen molar-refractivity contribution in [1.82, 2.24) is 21.3 Å². The van der Waals surface area contributed by atoms with Crippen LogP contribution < -0.4 is 27.0 Å². The van der Waals surface area contributed by atoms with Crippen LogP contribution >= 0.6 is 22.6 Å². The molecule has 0 aromatic heterocycles. The van der Waals surface area contributed by atoms with Gasteiger partial charge in [0.05, 0.1) is 6.04 Å². The molecule has 0 bridgehead atoms. The number of hydrogen-bond acceptors (Lipinski definition) is 8. The van der Waals surface area contributed by atoms with Crippen LogP contribution in [0.1, 0.15) is 43.2 Å². The number of amides is 4. The number of carbonyl (C=O) groups excluding carboxylic acids is 4. The summed E-state index contributed by atoms with van der Waals surface area (Å²) in [6.07, 6.45) is -0.465. The minimum Gasteiger partial charge on any atom is -0.481 e. The molecule has 8 N–H and O–H groups in total. The molecule has 0 heterocycles. The van der Waals surface area contributed by atoms with E-state index in [2.05, 4.69) is 43.9 Å². The number of urea groups is 1. The van der Waals surface area contributed by atoms with Crippen molar-refractivity contribution >= 4 is 69.6 Å². The fraction of sp³-hybridized carbons (Fsp3) is 0.353. The van der Waals surface area contributed by atoms with Gasteiger partial charge in [-0.05, 0) is 82.3 Å². The first-order valence-electron chi connectivity index (χ1n) is 15.6. The van der Waals surface area contributed by atoms with Gasteiger partial charge in [0.25, 0.3) is 6.47 Å². The summed E-state index contributed by atoms with van der Waals surface area (Å²) in [5.41, 5.74) is 7.96. The second kappa shape index (κ2) is 19.9. The fourth-order valence-electron chi connectivity index (χ4n) is 4.96. The van der Waals surface area contributed by atoms with Crippen LogP contribution in [0.5, 0.6) is 0 Å². The molecule has 0 aliphatic rings. The number of ether oxygens (including phenoxy) is 1. The number of hydrogen-bond donors (Lipinski definition) is 7. The molecule has 0 saturated heterocycles. The molecule has 3 aromatic rings. The third-order valence-corrected chi connectivity index (χ3v) is 8.27. The van der Waals surface area contributed by atoms with Gasteiger partial charge in [0, 0.05) is 29.4 Å². The van der Waals surface area contributed by atoms with Gasteiger partial charge in [-0.15, -0.1) is 0 Å². The third-order valence-electron chi connectivity index (χ3n) is 7.55. The average Bonchev–Trinajstić information content (AvgIpc) is 3.06. The minimum atomic E-state index is -1.46. The van der Waals surface area contributed by atoms with Gasteiger partial charge in [0.15, 0.2) is 6.23 Å². The second-order valence-electron chi connectivity index (χ2n) is 11.3. The van der Waals surface area contributed by atoms with E-state index < -0.39 is 60.6 Å². The summed E-state index contributed by atoms with van der Waals surface area (Å²) < 4.78 is 5.94. The molecular weight excluding hydrogens is 749 g/mol. The summed E-state index contributed by atoms with van der Waals surface area (Å²) in [5.74, 6) is -3.51. The van der Waals surface area contributed by atoms with E-state index in [4.69, 9.17) is 15.6 Å². The van der Waals surface area contributed by atoms with Gasteiger partial charge in [0.1, 0.15) is 12.1 Å². The van der Waals surface area contributed by atoms with Gasteiger partial charge in [-0.1, -0.05) is 54.6 Å². The van der Waals surface area contributed by atoms with E-state index in [0.717, 1.165) is 25.5 Å². The number of aliphatic carboxylic acids is 2. The number of nitrogens with one attached hydrogen (secondary N) is 4. The van der Waals surface area contributed by atoms with Crippen molar-refractivity contribution in [3.05, 3.63) is 81.4 Å². The van der Waals surface area contributed by atoms with Crippen LogP contribution in [0.15, 0.2) is 66.7 Å². The lowest BCUT2D eigenvalue weighted by Gasteiger charge is -2.22. The lowest BCUT2D eigenvalue weighted by Crippen LogP contribution is -2.53. The van der Waals surface area contributed by atoms with E-state index in [-0.39, 0.29) is 32.3 Å². The average molecular weight is 790 g/mol. The Kier molecular flexibility index (Phi) is 15.7. The number of rotatable bonds is 20. The van der Waals surface area contributed by atoms with Crippen molar-refractivity contribution in [2.24, 2.45) is 5.73 Å². The summed E-state index contributed by atoms with van der Waals surface area (Å²) in [5, 5.41) is 30.2. The lowest BCUT2D eigenvalue weighted by atomic mass is 10.00. The molecule has 0 fully saturated rings. The maximum atomic E-state index is 13.4. The predicted molar refractivity (Wildman–Crippen MR) is 188 cm³/mol. The maximum Gasteiger partial charge on any atom is 0.326 e. The van der Waals surface area contributed by atoms with Crippen molar-refractivity contribution in [3.63, 3.8) is 0 Å². The number of unbranched alkanes of at least 4 members (excludes halogenated alkanes) is 1. The van der Waals surface area contributed by atoms with Crippen molar-refractivity contribution in [2.75, 3.05) is 6.54 Å². The highest BCUT2D eigenvalue weighted by Crippen LogP contribution is 2.17. The minimum absolute atomic E-state index is 0.134. The zero-order chi connectivity index (χ0) is 35.8. The summed E-state index contributed by atoms with van der Waals surface area (Å²) in [6.45, 7) is 0.336. The molecule has 3 aromatic carbocycles. The van der Waals surface area contributed by atoms with E-state index in [1.165, 1.54) is 0 Å². The van der Waals surface area contributed by atoms with E-state index >= 15 is 0 Å². The molecule has 0 aliphatic carbocycles. The molecule has 15 heteroatoms. The molecule has 0 saturated carbocycles. The van der Waals surface area contributed by atoms with Crippen molar-refractivity contribution in [3.8, 4) is 0 Å². The van der Waals surface area contributed by atoms with Crippen LogP contribution in [0.25, 0.3) is 10.8 Å². The number of carboxylic acid groups (broad SMARTS) is 2. The topological polar surface area (TPSA) is 226 Å². The second-order valence-corrected chi connectivity index (χ2v) is 12.6. The molecule has 3 rings (SSSR count). The lowest BCUT2D eigenvalue weighted by molar-refractivity contribution is -0.141. The Labute approximate surface area is 296 Å². The Bertz CT molecular complexity index is 1600. The predicted octanol–water partition coefficient (Wildman–Crippen LogP) is 2.44. The van der Waals surface area contributed by atoms with E-state index in [0.29, 0.717) is 19.3 Å². The van der Waals surface area contributed by atoms with E-state index in [1.54, 1.807) is 0 Å². The van der Waals surface area contributed by atoms with Gasteiger partial charge in [-0.3, -0.25) is 19.2 Å². The first-order chi connectivity index (χ1) is 23.4. The van der Waals surface area contributed by atoms with Gasteiger partial charge in [0.2, 0.25) is 11.8 Å². The molecule has 4 amide bonds. The highest BCUT2D eigenvalue weighted by Gasteiger charge is 2.25. The molecule has 0 unspecified atom stereocenters.